The van der Waals surface area contributed by atoms with Gasteiger partial charge in [0.05, 0.1) is 48.6 Å². The molecule has 0 radical (unpaired) electrons. The van der Waals surface area contributed by atoms with Crippen molar-refractivity contribution in [1.82, 2.24) is 19.5 Å². The summed E-state index contributed by atoms with van der Waals surface area (Å²) in [7, 11) is 0. The summed E-state index contributed by atoms with van der Waals surface area (Å²) in [5.41, 5.74) is 5.11. The van der Waals surface area contributed by atoms with Crippen LogP contribution in [0.3, 0.4) is 0 Å². The fraction of sp³-hybridized carbons (Fsp3) is 0.176. The molecule has 0 saturated heterocycles. The number of nitrogens with zero attached hydrogens (tertiary/aromatic N) is 3. The number of H-pyrrole nitrogens is 1. The molecule has 0 fully saturated rings. The number of halogens is 4. The molecule has 7 nitrogen and oxygen atoms in total. The average Bonchev–Trinajstić information content (AvgIpc) is 3.58. The van der Waals surface area contributed by atoms with E-state index in [1.165, 1.54) is 5.56 Å². The summed E-state index contributed by atoms with van der Waals surface area (Å²) in [4.78, 5) is 36.0. The quantitative estimate of drug-likeness (QED) is 0.183. The summed E-state index contributed by atoms with van der Waals surface area (Å²) >= 11 is 24.1. The topological polar surface area (TPSA) is 101 Å². The van der Waals surface area contributed by atoms with E-state index in [-0.39, 0.29) is 24.2 Å². The lowest BCUT2D eigenvalue weighted by Gasteiger charge is -2.22. The molecule has 0 spiro atoms. The fourth-order valence-electron chi connectivity index (χ4n) is 5.73. The number of rotatable bonds is 6. The predicted molar refractivity (Wildman–Crippen MR) is 179 cm³/mol. The number of hydrogen-bond acceptors (Lipinski definition) is 4. The summed E-state index contributed by atoms with van der Waals surface area (Å²) in [5, 5.41) is 11.0. The molecule has 0 saturated carbocycles. The molecule has 2 unspecified atom stereocenters. The second-order valence-electron chi connectivity index (χ2n) is 10.9. The van der Waals surface area contributed by atoms with Crippen LogP contribution in [0.25, 0.3) is 22.1 Å². The van der Waals surface area contributed by atoms with Crippen LogP contribution in [0.4, 0.5) is 0 Å². The van der Waals surface area contributed by atoms with Gasteiger partial charge in [-0.05, 0) is 41.3 Å². The van der Waals surface area contributed by atoms with E-state index in [1.54, 1.807) is 28.8 Å². The summed E-state index contributed by atoms with van der Waals surface area (Å²) in [6, 6.07) is 26.5. The van der Waals surface area contributed by atoms with Gasteiger partial charge >= 0.3 is 5.97 Å². The standard InChI is InChI=1S/C17H14Cl2N2O2.C17H12Cl2N2O/c18-12-8-14-15(9-13(12)19)21-16(20-14)6-11(7-17(22)23)10-4-2-1-3-5-10;18-12-8-14-15(9-13(12)19)21-16(20-14)6-11(7-17(21)22)10-4-2-1-3-5-10/h1-5,8-9,11H,6-7H2,(H,20,21)(H,22,23);1-5,8-9,11H,6-7H2. The molecule has 2 aromatic heterocycles. The van der Waals surface area contributed by atoms with Crippen molar-refractivity contribution in [3.05, 3.63) is 128 Å². The molecule has 7 rings (SSSR count). The van der Waals surface area contributed by atoms with Crippen LogP contribution in [0.2, 0.25) is 20.1 Å². The highest BCUT2D eigenvalue weighted by Gasteiger charge is 2.29. The van der Waals surface area contributed by atoms with E-state index in [0.29, 0.717) is 44.3 Å². The van der Waals surface area contributed by atoms with Gasteiger partial charge in [0, 0.05) is 25.2 Å². The molecule has 1 aliphatic heterocycles. The van der Waals surface area contributed by atoms with Crippen molar-refractivity contribution in [2.45, 2.75) is 37.5 Å². The Kier molecular flexibility index (Phi) is 9.15. The first-order valence-corrected chi connectivity index (χ1v) is 15.7. The van der Waals surface area contributed by atoms with E-state index >= 15 is 0 Å². The zero-order valence-electron chi connectivity index (χ0n) is 23.7. The van der Waals surface area contributed by atoms with Crippen LogP contribution in [0.1, 0.15) is 52.2 Å². The maximum absolute atomic E-state index is 12.6. The summed E-state index contributed by atoms with van der Waals surface area (Å²) in [5.74, 6) is 0.730. The van der Waals surface area contributed by atoms with Gasteiger partial charge in [-0.2, -0.15) is 0 Å². The Morgan fingerprint density at radius 2 is 1.47 bits per heavy atom. The molecule has 2 N–H and O–H groups in total. The number of hydrogen-bond donors (Lipinski definition) is 2. The van der Waals surface area contributed by atoms with Crippen LogP contribution in [-0.4, -0.2) is 36.5 Å². The third-order valence-corrected chi connectivity index (χ3v) is 9.29. The third kappa shape index (κ3) is 6.87. The number of carbonyl (C=O) groups is 2. The van der Waals surface area contributed by atoms with Crippen molar-refractivity contribution in [3.8, 4) is 0 Å². The summed E-state index contributed by atoms with van der Waals surface area (Å²) in [6.07, 6.45) is 1.76. The Morgan fingerprint density at radius 1 is 0.844 bits per heavy atom. The first-order valence-electron chi connectivity index (χ1n) is 14.2. The van der Waals surface area contributed by atoms with Crippen molar-refractivity contribution in [2.24, 2.45) is 0 Å². The number of aliphatic carboxylic acids is 1. The van der Waals surface area contributed by atoms with Gasteiger partial charge in [-0.3, -0.25) is 14.2 Å². The molecule has 0 aliphatic carbocycles. The van der Waals surface area contributed by atoms with E-state index in [1.807, 2.05) is 48.5 Å². The largest absolute Gasteiger partial charge is 0.481 e. The van der Waals surface area contributed by atoms with Gasteiger partial charge < -0.3 is 10.1 Å². The number of carbonyl (C=O) groups excluding carboxylic acids is 1. The lowest BCUT2D eigenvalue weighted by atomic mass is 9.90. The first kappa shape index (κ1) is 31.1. The third-order valence-electron chi connectivity index (χ3n) is 7.84. The minimum Gasteiger partial charge on any atom is -0.481 e. The minimum atomic E-state index is -0.832. The normalized spacial score (nSPS) is 15.0. The SMILES string of the molecule is O=C(O)CC(Cc1nc2cc(Cl)c(Cl)cc2[nH]1)c1ccccc1.O=C1CC(c2ccccc2)Cc2nc3cc(Cl)c(Cl)cc3n21. The van der Waals surface area contributed by atoms with E-state index in [9.17, 15) is 14.7 Å². The molecule has 3 heterocycles. The average molecular weight is 680 g/mol. The molecule has 0 bridgehead atoms. The highest BCUT2D eigenvalue weighted by atomic mass is 35.5. The van der Waals surface area contributed by atoms with Crippen molar-refractivity contribution < 1.29 is 14.7 Å². The van der Waals surface area contributed by atoms with Crippen molar-refractivity contribution in [3.63, 3.8) is 0 Å². The van der Waals surface area contributed by atoms with Gasteiger partial charge in [0.15, 0.2) is 0 Å². The molecule has 0 amide bonds. The van der Waals surface area contributed by atoms with Crippen LogP contribution in [0.15, 0.2) is 84.9 Å². The van der Waals surface area contributed by atoms with Crippen LogP contribution in [-0.2, 0) is 17.6 Å². The molecule has 6 aromatic rings. The lowest BCUT2D eigenvalue weighted by molar-refractivity contribution is -0.137. The van der Waals surface area contributed by atoms with Crippen molar-refractivity contribution >= 4 is 80.3 Å². The van der Waals surface area contributed by atoms with Gasteiger partial charge in [0.2, 0.25) is 5.91 Å². The Labute approximate surface area is 278 Å². The predicted octanol–water partition coefficient (Wildman–Crippen LogP) is 9.38. The lowest BCUT2D eigenvalue weighted by Crippen LogP contribution is -2.25. The molecular weight excluding hydrogens is 654 g/mol. The van der Waals surface area contributed by atoms with Crippen LogP contribution >= 0.6 is 46.4 Å². The van der Waals surface area contributed by atoms with Gasteiger partial charge in [0.1, 0.15) is 11.6 Å². The number of aromatic amines is 1. The smallest absolute Gasteiger partial charge is 0.303 e. The molecule has 1 aliphatic rings. The van der Waals surface area contributed by atoms with Crippen LogP contribution in [0.5, 0.6) is 0 Å². The Hall–Kier alpha value is -3.88. The maximum Gasteiger partial charge on any atom is 0.303 e. The number of imidazole rings is 2. The molecule has 11 heteroatoms. The van der Waals surface area contributed by atoms with Crippen molar-refractivity contribution in [2.75, 3.05) is 0 Å². The number of carboxylic acids is 1. The Morgan fingerprint density at radius 3 is 2.16 bits per heavy atom. The summed E-state index contributed by atoms with van der Waals surface area (Å²) < 4.78 is 1.68. The Balaban J connectivity index is 0.000000159. The number of benzene rings is 4. The number of nitrogens with one attached hydrogen (secondary N) is 1. The number of fused-ring (bicyclic) bond motifs is 4. The molecule has 45 heavy (non-hydrogen) atoms. The first-order chi connectivity index (χ1) is 21.7. The molecule has 2 atom stereocenters. The molecule has 4 aromatic carbocycles. The second-order valence-corrected chi connectivity index (χ2v) is 12.5. The van der Waals surface area contributed by atoms with Gasteiger partial charge in [0.25, 0.3) is 0 Å². The van der Waals surface area contributed by atoms with Crippen LogP contribution < -0.4 is 0 Å². The van der Waals surface area contributed by atoms with E-state index < -0.39 is 5.97 Å². The zero-order valence-corrected chi connectivity index (χ0v) is 26.7. The number of aromatic nitrogens is 4. The van der Waals surface area contributed by atoms with E-state index in [0.717, 1.165) is 34.4 Å². The van der Waals surface area contributed by atoms with E-state index in [4.69, 9.17) is 46.4 Å². The Bertz CT molecular complexity index is 1990. The second kappa shape index (κ2) is 13.2. The highest BCUT2D eigenvalue weighted by Crippen LogP contribution is 2.35. The van der Waals surface area contributed by atoms with Crippen LogP contribution in [0, 0.1) is 0 Å². The molecule has 228 valence electrons. The van der Waals surface area contributed by atoms with E-state index in [2.05, 4.69) is 27.1 Å². The maximum atomic E-state index is 12.6. The van der Waals surface area contributed by atoms with Crippen molar-refractivity contribution in [1.29, 1.82) is 0 Å². The fourth-order valence-corrected chi connectivity index (χ4v) is 6.36. The van der Waals surface area contributed by atoms with Gasteiger partial charge in [-0.1, -0.05) is 107 Å². The monoisotopic (exact) mass is 678 g/mol. The van der Waals surface area contributed by atoms with Gasteiger partial charge in [-0.25, -0.2) is 9.97 Å². The molecular formula is C34H26Cl4N4O3. The van der Waals surface area contributed by atoms with Gasteiger partial charge in [-0.15, -0.1) is 0 Å². The minimum absolute atomic E-state index is 0.0442. The highest BCUT2D eigenvalue weighted by molar-refractivity contribution is 6.43. The zero-order chi connectivity index (χ0) is 31.7. The number of carboxylic acid groups (broad SMARTS) is 1. The summed E-state index contributed by atoms with van der Waals surface area (Å²) in [6.45, 7) is 0.